The number of nitrogens with one attached hydrogen (secondary N) is 2. The summed E-state index contributed by atoms with van der Waals surface area (Å²) in [6, 6.07) is 3.32. The van der Waals surface area contributed by atoms with Crippen LogP contribution in [0.15, 0.2) is 24.4 Å². The number of carbonyl (C=O) groups excluding carboxylic acids is 1. The van der Waals surface area contributed by atoms with Crippen LogP contribution in [0.3, 0.4) is 0 Å². The van der Waals surface area contributed by atoms with Crippen molar-refractivity contribution in [2.75, 3.05) is 27.2 Å². The molecule has 1 amide bonds. The van der Waals surface area contributed by atoms with Crippen molar-refractivity contribution in [3.05, 3.63) is 35.5 Å². The summed E-state index contributed by atoms with van der Waals surface area (Å²) in [6.07, 6.45) is -2.93. The van der Waals surface area contributed by atoms with Crippen LogP contribution in [-0.2, 0) is 17.5 Å². The Kier molecular flexibility index (Phi) is 2.32. The van der Waals surface area contributed by atoms with Crippen molar-refractivity contribution in [2.24, 2.45) is 0 Å². The highest BCUT2D eigenvalue weighted by Crippen LogP contribution is 2.21. The van der Waals surface area contributed by atoms with Crippen LogP contribution in [0.4, 0.5) is 4.79 Å². The minimum Gasteiger partial charge on any atom is -0.447 e. The topological polar surface area (TPSA) is 57.4 Å². The fraction of sp³-hybridized carbons (Fsp3) is 0.438. The average molecular weight is 293 g/mol. The first-order valence-electron chi connectivity index (χ1n) is 9.60. The molecule has 0 unspecified atom stereocenters. The lowest BCUT2D eigenvalue weighted by atomic mass is 10.0. The molecule has 1 aliphatic rings. The first kappa shape index (κ1) is 8.44. The van der Waals surface area contributed by atoms with Crippen LogP contribution in [-0.4, -0.2) is 49.2 Å². The molecule has 1 atom stereocenters. The summed E-state index contributed by atoms with van der Waals surface area (Å²) in [5.74, 6) is 0. The van der Waals surface area contributed by atoms with Crippen molar-refractivity contribution in [3.63, 3.8) is 0 Å². The summed E-state index contributed by atoms with van der Waals surface area (Å²) in [7, 11) is 3.47. The summed E-state index contributed by atoms with van der Waals surface area (Å²) in [6.45, 7) is -0.182. The number of aromatic amines is 1. The lowest BCUT2D eigenvalue weighted by Gasteiger charge is -2.09. The largest absolute Gasteiger partial charge is 0.447 e. The molecule has 112 valence electrons. The molecule has 1 aliphatic heterocycles. The fourth-order valence-electron chi connectivity index (χ4n) is 2.20. The number of ether oxygens (including phenoxy) is 1. The van der Waals surface area contributed by atoms with E-state index in [9.17, 15) is 4.79 Å². The number of carbonyl (C=O) groups is 1. The van der Waals surface area contributed by atoms with Gasteiger partial charge in [-0.2, -0.15) is 0 Å². The van der Waals surface area contributed by atoms with E-state index >= 15 is 0 Å². The molecule has 0 aliphatic carbocycles. The van der Waals surface area contributed by atoms with E-state index in [-0.39, 0.29) is 31.3 Å². The molecule has 0 spiro atoms. The van der Waals surface area contributed by atoms with E-state index in [2.05, 4.69) is 0 Å². The third-order valence-corrected chi connectivity index (χ3v) is 3.21. The molecule has 0 radical (unpaired) electrons. The quantitative estimate of drug-likeness (QED) is 0.885. The molecule has 1 aromatic carbocycles. The van der Waals surface area contributed by atoms with Crippen molar-refractivity contribution < 1.29 is 17.8 Å². The SMILES string of the molecule is [2H]c1c(C([2H])([2H])CN(C)C)c2cc(C[C@@]3([2H])COC(=O)N3[2H])ccc2n1[2H]. The van der Waals surface area contributed by atoms with Crippen LogP contribution in [0.5, 0.6) is 0 Å². The summed E-state index contributed by atoms with van der Waals surface area (Å²) >= 11 is 0. The van der Waals surface area contributed by atoms with Crippen LogP contribution in [0, 0.1) is 0 Å². The normalized spacial score (nSPS) is 27.0. The maximum Gasteiger partial charge on any atom is 0.407 e. The van der Waals surface area contributed by atoms with Crippen LogP contribution in [0.2, 0.25) is 2.82 Å². The molecular formula is C16H21N3O2. The Bertz CT molecular complexity index is 900. The van der Waals surface area contributed by atoms with Crippen molar-refractivity contribution in [1.29, 1.82) is 0 Å². The Morgan fingerprint density at radius 3 is 3.19 bits per heavy atom. The molecule has 1 aromatic heterocycles. The summed E-state index contributed by atoms with van der Waals surface area (Å²) in [5.41, 5.74) is 1.10. The number of cyclic esters (lactones) is 1. The molecule has 21 heavy (non-hydrogen) atoms. The van der Waals surface area contributed by atoms with Crippen molar-refractivity contribution in [3.8, 4) is 0 Å². The summed E-state index contributed by atoms with van der Waals surface area (Å²) in [5, 5.41) is 0.916. The molecule has 0 bridgehead atoms. The van der Waals surface area contributed by atoms with Gasteiger partial charge in [0.15, 0.2) is 2.82 Å². The van der Waals surface area contributed by atoms with Gasteiger partial charge in [-0.25, -0.2) is 4.79 Å². The van der Waals surface area contributed by atoms with E-state index in [0.29, 0.717) is 21.8 Å². The minimum absolute atomic E-state index is 0.0187. The number of amides is 1. The van der Waals surface area contributed by atoms with Gasteiger partial charge in [0.1, 0.15) is 6.61 Å². The Hall–Kier alpha value is -2.01. The van der Waals surface area contributed by atoms with Crippen molar-refractivity contribution in [2.45, 2.75) is 18.8 Å². The number of H-pyrrole nitrogens is 1. The number of rotatable bonds is 5. The van der Waals surface area contributed by atoms with E-state index in [0.717, 1.165) is 4.98 Å². The van der Waals surface area contributed by atoms with Gasteiger partial charge < -0.3 is 19.9 Å². The van der Waals surface area contributed by atoms with Crippen LogP contribution >= 0.6 is 0 Å². The maximum atomic E-state index is 11.4. The lowest BCUT2D eigenvalue weighted by molar-refractivity contribution is 0.177. The Morgan fingerprint density at radius 1 is 1.62 bits per heavy atom. The fourth-order valence-corrected chi connectivity index (χ4v) is 2.20. The molecule has 5 heteroatoms. The molecule has 1 saturated heterocycles. The number of fused-ring (bicyclic) bond motifs is 1. The summed E-state index contributed by atoms with van der Waals surface area (Å²) < 4.78 is 53.8. The molecule has 0 saturated carbocycles. The first-order valence-corrected chi connectivity index (χ1v) is 6.70. The monoisotopic (exact) mass is 293 g/mol. The van der Waals surface area contributed by atoms with Gasteiger partial charge in [-0.1, -0.05) is 6.07 Å². The van der Waals surface area contributed by atoms with Crippen LogP contribution in [0.25, 0.3) is 10.9 Å². The predicted molar refractivity (Wildman–Crippen MR) is 82.5 cm³/mol. The number of alkyl carbamates (subject to hydrolysis) is 1. The zero-order valence-electron chi connectivity index (χ0n) is 18.0. The zero-order chi connectivity index (χ0) is 20.1. The zero-order valence-corrected chi connectivity index (χ0v) is 12.0. The number of nitrogens with zero attached hydrogens (tertiary/aromatic N) is 1. The van der Waals surface area contributed by atoms with E-state index in [1.807, 2.05) is 0 Å². The third kappa shape index (κ3) is 3.19. The van der Waals surface area contributed by atoms with Gasteiger partial charge in [0, 0.05) is 26.4 Å². The smallest absolute Gasteiger partial charge is 0.407 e. The number of benzene rings is 1. The summed E-state index contributed by atoms with van der Waals surface area (Å²) in [4.78, 5) is 14.0. The number of hydrogen-bond donors (Lipinski definition) is 2. The minimum atomic E-state index is -1.85. The molecule has 2 N–H and O–H groups in total. The predicted octanol–water partition coefficient (Wildman–Crippen LogP) is 1.92. The number of likely N-dealkylation sites (N-methyl/N-ethyl adjacent to an activating group) is 1. The van der Waals surface area contributed by atoms with E-state index in [1.54, 1.807) is 37.2 Å². The van der Waals surface area contributed by atoms with Crippen LogP contribution < -0.4 is 5.31 Å². The second-order valence-electron chi connectivity index (χ2n) is 5.27. The second-order valence-corrected chi connectivity index (χ2v) is 5.27. The number of aromatic nitrogens is 1. The number of hydrogen-bond acceptors (Lipinski definition) is 3. The highest BCUT2D eigenvalue weighted by atomic mass is 16.6. The molecule has 3 rings (SSSR count). The highest BCUT2D eigenvalue weighted by molar-refractivity contribution is 5.84. The first-order chi connectivity index (χ1) is 12.5. The Labute approximate surface area is 132 Å². The van der Waals surface area contributed by atoms with Gasteiger partial charge in [-0.15, -0.1) is 0 Å². The second kappa shape index (κ2) is 5.77. The standard InChI is InChI=1S/C16H21N3O2/c1-19(2)6-5-12-9-17-15-4-3-11(8-14(12)15)7-13-10-21-16(20)18-13/h3-4,8-9,13,17H,5-7,10H2,1-2H3,(H,18,20)/t13-/m0/s1/i5D2,9D,13D/hD2. The van der Waals surface area contributed by atoms with Gasteiger partial charge in [-0.05, 0) is 50.1 Å². The van der Waals surface area contributed by atoms with E-state index in [1.165, 1.54) is 0 Å². The van der Waals surface area contributed by atoms with Crippen molar-refractivity contribution in [1.82, 2.24) is 15.2 Å². The van der Waals surface area contributed by atoms with Crippen LogP contribution in [0.1, 0.15) is 16.6 Å². The molecule has 5 nitrogen and oxygen atoms in total. The third-order valence-electron chi connectivity index (χ3n) is 3.21. The molecule has 2 heterocycles. The Morgan fingerprint density at radius 2 is 2.48 bits per heavy atom. The van der Waals surface area contributed by atoms with Gasteiger partial charge in [-0.3, -0.25) is 0 Å². The van der Waals surface area contributed by atoms with Gasteiger partial charge in [0.25, 0.3) is 0 Å². The highest BCUT2D eigenvalue weighted by Gasteiger charge is 2.22. The molecule has 2 aromatic rings. The maximum absolute atomic E-state index is 11.4. The Balaban J connectivity index is 2.07. The van der Waals surface area contributed by atoms with Gasteiger partial charge in [0.05, 0.1) is 8.76 Å². The molecular weight excluding hydrogens is 266 g/mol. The molecule has 1 fully saturated rings. The van der Waals surface area contributed by atoms with E-state index in [4.69, 9.17) is 13.0 Å². The lowest BCUT2D eigenvalue weighted by Crippen LogP contribution is -2.28. The van der Waals surface area contributed by atoms with E-state index < -0.39 is 18.5 Å². The van der Waals surface area contributed by atoms with Gasteiger partial charge in [0.2, 0.25) is 0 Å². The van der Waals surface area contributed by atoms with Crippen molar-refractivity contribution >= 4 is 17.0 Å². The average Bonchev–Trinajstić information content (AvgIpc) is 2.95. The van der Waals surface area contributed by atoms with Gasteiger partial charge >= 0.3 is 6.09 Å².